The monoisotopic (exact) mass is 548 g/mol. The standard InChI is InChI=1S/C30H33ClN4O4/c1-5-35(6-2)23-15-12-21(13-16-23)18-26(33-29(36)24-10-8-9-11-25(24)31)30(37)34-32-20-22-14-17-27(38-4)28(19-22)39-7-3/h8-20H,5-7H2,1-4H3,(H,33,36)(H,34,37)/b26-18+,32-20+. The van der Waals surface area contributed by atoms with Crippen LogP contribution in [0.3, 0.4) is 0 Å². The molecular formula is C30H33ClN4O4. The first kappa shape index (κ1) is 29.3. The Bertz CT molecular complexity index is 1340. The molecule has 3 aromatic carbocycles. The highest BCUT2D eigenvalue weighted by Gasteiger charge is 2.16. The molecule has 2 amide bonds. The van der Waals surface area contributed by atoms with Gasteiger partial charge >= 0.3 is 0 Å². The summed E-state index contributed by atoms with van der Waals surface area (Å²) < 4.78 is 10.9. The van der Waals surface area contributed by atoms with Crippen LogP contribution in [0.5, 0.6) is 11.5 Å². The third kappa shape index (κ3) is 8.09. The van der Waals surface area contributed by atoms with Crippen molar-refractivity contribution >= 4 is 41.4 Å². The molecule has 0 saturated heterocycles. The first-order valence-electron chi connectivity index (χ1n) is 12.7. The largest absolute Gasteiger partial charge is 0.493 e. The predicted octanol–water partition coefficient (Wildman–Crippen LogP) is 5.51. The average Bonchev–Trinajstić information content (AvgIpc) is 2.94. The van der Waals surface area contributed by atoms with E-state index in [9.17, 15) is 9.59 Å². The molecule has 0 spiro atoms. The fraction of sp³-hybridized carbons (Fsp3) is 0.233. The first-order chi connectivity index (χ1) is 18.9. The molecule has 3 rings (SSSR count). The molecular weight excluding hydrogens is 516 g/mol. The molecule has 8 nitrogen and oxygen atoms in total. The Morgan fingerprint density at radius 3 is 2.28 bits per heavy atom. The number of hydrogen-bond donors (Lipinski definition) is 2. The van der Waals surface area contributed by atoms with E-state index >= 15 is 0 Å². The van der Waals surface area contributed by atoms with E-state index < -0.39 is 11.8 Å². The van der Waals surface area contributed by atoms with E-state index in [1.54, 1.807) is 55.7 Å². The minimum atomic E-state index is -0.599. The summed E-state index contributed by atoms with van der Waals surface area (Å²) in [5, 5.41) is 7.03. The van der Waals surface area contributed by atoms with E-state index in [0.29, 0.717) is 23.7 Å². The van der Waals surface area contributed by atoms with E-state index in [0.717, 1.165) is 24.3 Å². The van der Waals surface area contributed by atoms with Gasteiger partial charge in [0.25, 0.3) is 11.8 Å². The molecule has 0 aliphatic rings. The quantitative estimate of drug-likeness (QED) is 0.177. The van der Waals surface area contributed by atoms with Crippen LogP contribution in [0.1, 0.15) is 42.3 Å². The van der Waals surface area contributed by atoms with Crippen LogP contribution in [-0.2, 0) is 4.79 Å². The number of anilines is 1. The zero-order valence-electron chi connectivity index (χ0n) is 22.5. The van der Waals surface area contributed by atoms with Crippen molar-refractivity contribution in [2.75, 3.05) is 31.7 Å². The van der Waals surface area contributed by atoms with Crippen LogP contribution >= 0.6 is 11.6 Å². The highest BCUT2D eigenvalue weighted by molar-refractivity contribution is 6.34. The maximum Gasteiger partial charge on any atom is 0.287 e. The third-order valence-electron chi connectivity index (χ3n) is 5.81. The van der Waals surface area contributed by atoms with Gasteiger partial charge in [-0.25, -0.2) is 5.43 Å². The van der Waals surface area contributed by atoms with Gasteiger partial charge in [-0.05, 0) is 80.4 Å². The molecule has 39 heavy (non-hydrogen) atoms. The summed E-state index contributed by atoms with van der Waals surface area (Å²) in [6.07, 6.45) is 3.07. The minimum absolute atomic E-state index is 0.0115. The summed E-state index contributed by atoms with van der Waals surface area (Å²) in [5.74, 6) is 0.0499. The number of methoxy groups -OCH3 is 1. The van der Waals surface area contributed by atoms with Gasteiger partial charge in [0.05, 0.1) is 30.5 Å². The number of halogens is 1. The minimum Gasteiger partial charge on any atom is -0.493 e. The molecule has 0 bridgehead atoms. The lowest BCUT2D eigenvalue weighted by Crippen LogP contribution is -2.33. The highest BCUT2D eigenvalue weighted by Crippen LogP contribution is 2.27. The predicted molar refractivity (Wildman–Crippen MR) is 157 cm³/mol. The molecule has 0 aliphatic heterocycles. The van der Waals surface area contributed by atoms with Crippen LogP contribution in [0.2, 0.25) is 5.02 Å². The second kappa shape index (κ2) is 14.6. The van der Waals surface area contributed by atoms with Gasteiger partial charge in [-0.1, -0.05) is 35.9 Å². The summed E-state index contributed by atoms with van der Waals surface area (Å²) in [7, 11) is 1.56. The van der Waals surface area contributed by atoms with Crippen molar-refractivity contribution in [2.24, 2.45) is 5.10 Å². The number of hydrazone groups is 1. The molecule has 3 aromatic rings. The van der Waals surface area contributed by atoms with Crippen LogP contribution in [0.25, 0.3) is 6.08 Å². The number of carbonyl (C=O) groups is 2. The van der Waals surface area contributed by atoms with Crippen LogP contribution in [-0.4, -0.2) is 44.8 Å². The summed E-state index contributed by atoms with van der Waals surface area (Å²) in [6, 6.07) is 19.6. The van der Waals surface area contributed by atoms with E-state index in [4.69, 9.17) is 21.1 Å². The molecule has 2 N–H and O–H groups in total. The molecule has 9 heteroatoms. The van der Waals surface area contributed by atoms with Crippen molar-refractivity contribution in [2.45, 2.75) is 20.8 Å². The normalized spacial score (nSPS) is 11.3. The molecule has 0 atom stereocenters. The van der Waals surface area contributed by atoms with Crippen molar-refractivity contribution < 1.29 is 19.1 Å². The number of carbonyl (C=O) groups excluding carboxylic acids is 2. The van der Waals surface area contributed by atoms with Gasteiger partial charge in [0, 0.05) is 18.8 Å². The van der Waals surface area contributed by atoms with Crippen LogP contribution in [0, 0.1) is 0 Å². The number of hydrogen-bond acceptors (Lipinski definition) is 6. The lowest BCUT2D eigenvalue weighted by Gasteiger charge is -2.21. The van der Waals surface area contributed by atoms with Crippen LogP contribution in [0.4, 0.5) is 5.69 Å². The Kier molecular flexibility index (Phi) is 10.9. The van der Waals surface area contributed by atoms with Gasteiger partial charge in [-0.2, -0.15) is 5.10 Å². The second-order valence-corrected chi connectivity index (χ2v) is 8.71. The molecule has 0 fully saturated rings. The van der Waals surface area contributed by atoms with E-state index in [2.05, 4.69) is 34.6 Å². The van der Waals surface area contributed by atoms with Crippen molar-refractivity contribution in [3.8, 4) is 11.5 Å². The van der Waals surface area contributed by atoms with Crippen molar-refractivity contribution in [1.82, 2.24) is 10.7 Å². The topological polar surface area (TPSA) is 92.3 Å². The zero-order chi connectivity index (χ0) is 28.2. The van der Waals surface area contributed by atoms with Gasteiger partial charge in [0.2, 0.25) is 0 Å². The molecule has 0 unspecified atom stereocenters. The number of nitrogens with zero attached hydrogens (tertiary/aromatic N) is 2. The molecule has 204 valence electrons. The Morgan fingerprint density at radius 1 is 0.949 bits per heavy atom. The molecule has 0 aromatic heterocycles. The Balaban J connectivity index is 1.85. The number of benzene rings is 3. The van der Waals surface area contributed by atoms with E-state index in [1.807, 2.05) is 31.2 Å². The van der Waals surface area contributed by atoms with Crippen molar-refractivity contribution in [3.05, 3.63) is 94.1 Å². The Hall–Kier alpha value is -4.30. The maximum absolute atomic E-state index is 13.1. The van der Waals surface area contributed by atoms with E-state index in [1.165, 1.54) is 6.21 Å². The molecule has 0 heterocycles. The molecule has 0 saturated carbocycles. The van der Waals surface area contributed by atoms with E-state index in [-0.39, 0.29) is 16.3 Å². The lowest BCUT2D eigenvalue weighted by molar-refractivity contribution is -0.117. The Morgan fingerprint density at radius 2 is 1.64 bits per heavy atom. The fourth-order valence-electron chi connectivity index (χ4n) is 3.80. The summed E-state index contributed by atoms with van der Waals surface area (Å²) in [6.45, 7) is 8.30. The smallest absolute Gasteiger partial charge is 0.287 e. The number of rotatable bonds is 12. The number of ether oxygens (including phenoxy) is 2. The highest BCUT2D eigenvalue weighted by atomic mass is 35.5. The summed E-state index contributed by atoms with van der Waals surface area (Å²) >= 11 is 6.20. The summed E-state index contributed by atoms with van der Waals surface area (Å²) in [4.78, 5) is 28.3. The second-order valence-electron chi connectivity index (χ2n) is 8.30. The molecule has 0 radical (unpaired) electrons. The fourth-order valence-corrected chi connectivity index (χ4v) is 4.02. The maximum atomic E-state index is 13.1. The molecule has 0 aliphatic carbocycles. The third-order valence-corrected chi connectivity index (χ3v) is 6.14. The van der Waals surface area contributed by atoms with Crippen molar-refractivity contribution in [1.29, 1.82) is 0 Å². The van der Waals surface area contributed by atoms with Crippen molar-refractivity contribution in [3.63, 3.8) is 0 Å². The number of amides is 2. The number of nitrogens with one attached hydrogen (secondary N) is 2. The SMILES string of the molecule is CCOc1cc(/C=N/NC(=O)/C(=C\c2ccc(N(CC)CC)cc2)NC(=O)c2ccccc2Cl)ccc1OC. The lowest BCUT2D eigenvalue weighted by atomic mass is 10.1. The van der Waals surface area contributed by atoms with Crippen LogP contribution < -0.4 is 25.1 Å². The Labute approximate surface area is 234 Å². The van der Waals surface area contributed by atoms with Gasteiger partial charge in [0.15, 0.2) is 11.5 Å². The van der Waals surface area contributed by atoms with Gasteiger partial charge in [-0.15, -0.1) is 0 Å². The van der Waals surface area contributed by atoms with Gasteiger partial charge in [0.1, 0.15) is 5.70 Å². The first-order valence-corrected chi connectivity index (χ1v) is 13.0. The van der Waals surface area contributed by atoms with Crippen LogP contribution in [0.15, 0.2) is 77.5 Å². The average molecular weight is 549 g/mol. The van der Waals surface area contributed by atoms with Gasteiger partial charge in [-0.3, -0.25) is 9.59 Å². The van der Waals surface area contributed by atoms with Gasteiger partial charge < -0.3 is 19.7 Å². The zero-order valence-corrected chi connectivity index (χ0v) is 23.3. The summed E-state index contributed by atoms with van der Waals surface area (Å²) in [5.41, 5.74) is 5.24.